The van der Waals surface area contributed by atoms with Gasteiger partial charge in [0.25, 0.3) is 0 Å². The van der Waals surface area contributed by atoms with E-state index < -0.39 is 0 Å². The molecule has 0 aliphatic rings. The van der Waals surface area contributed by atoms with Crippen LogP contribution in [0.1, 0.15) is 38.8 Å². The molecule has 30 heavy (non-hydrogen) atoms. The maximum Gasteiger partial charge on any atom is 0.197 e. The fourth-order valence-corrected chi connectivity index (χ4v) is 4.54. The molecule has 8 heteroatoms. The smallest absolute Gasteiger partial charge is 0.197 e. The number of carbonyl (C=O) groups is 1. The number of ketones is 1. The van der Waals surface area contributed by atoms with E-state index in [1.807, 2.05) is 54.9 Å². The number of benzene rings is 1. The van der Waals surface area contributed by atoms with Crippen LogP contribution in [0.2, 0.25) is 0 Å². The van der Waals surface area contributed by atoms with Crippen LogP contribution in [0.25, 0.3) is 11.3 Å². The molecule has 0 spiro atoms. The van der Waals surface area contributed by atoms with Crippen molar-refractivity contribution in [3.63, 3.8) is 0 Å². The van der Waals surface area contributed by atoms with Gasteiger partial charge in [-0.15, -0.1) is 10.2 Å². The molecule has 0 fully saturated rings. The minimum atomic E-state index is -0.263. The average Bonchev–Trinajstić information content (AvgIpc) is 3.22. The van der Waals surface area contributed by atoms with Crippen LogP contribution in [0.3, 0.4) is 0 Å². The highest BCUT2D eigenvalue weighted by Gasteiger charge is 2.19. The number of carbonyl (C=O) groups excluding carboxylic acids is 1. The van der Waals surface area contributed by atoms with Crippen LogP contribution in [-0.4, -0.2) is 35.7 Å². The molecule has 0 N–H and O–H groups in total. The molecule has 0 radical (unpaired) electrons. The topological polar surface area (TPSA) is 65.1 Å². The van der Waals surface area contributed by atoms with Gasteiger partial charge in [0.1, 0.15) is 11.6 Å². The lowest BCUT2D eigenvalue weighted by molar-refractivity contribution is 0.102. The Morgan fingerprint density at radius 2 is 1.83 bits per heavy atom. The quantitative estimate of drug-likeness (QED) is 0.347. The van der Waals surface area contributed by atoms with Gasteiger partial charge in [-0.2, -0.15) is 0 Å². The van der Waals surface area contributed by atoms with E-state index in [1.165, 1.54) is 17.8 Å². The molecule has 6 nitrogen and oxygen atoms in total. The normalized spacial score (nSPS) is 11.4. The predicted octanol–water partition coefficient (Wildman–Crippen LogP) is 4.57. The first-order valence-corrected chi connectivity index (χ1v) is 10.6. The lowest BCUT2D eigenvalue weighted by atomic mass is 10.2. The van der Waals surface area contributed by atoms with Crippen LogP contribution in [0, 0.1) is 40.4 Å². The zero-order valence-corrected chi connectivity index (χ0v) is 18.3. The molecule has 4 aromatic rings. The van der Waals surface area contributed by atoms with Crippen LogP contribution < -0.4 is 0 Å². The van der Waals surface area contributed by atoms with Gasteiger partial charge in [-0.1, -0.05) is 17.8 Å². The van der Waals surface area contributed by atoms with Gasteiger partial charge >= 0.3 is 0 Å². The summed E-state index contributed by atoms with van der Waals surface area (Å²) in [6, 6.07) is 8.82. The molecule has 0 aliphatic heterocycles. The minimum absolute atomic E-state index is 0.0126. The zero-order chi connectivity index (χ0) is 21.6. The highest BCUT2D eigenvalue weighted by atomic mass is 32.2. The van der Waals surface area contributed by atoms with E-state index in [-0.39, 0.29) is 17.4 Å². The number of aryl methyl sites for hydroxylation is 4. The Morgan fingerprint density at radius 1 is 1.07 bits per heavy atom. The number of aromatic nitrogens is 5. The van der Waals surface area contributed by atoms with Gasteiger partial charge in [0.2, 0.25) is 0 Å². The average molecular weight is 424 g/mol. The minimum Gasteiger partial charge on any atom is -0.318 e. The summed E-state index contributed by atoms with van der Waals surface area (Å²) in [5.74, 6) is 0.730. The van der Waals surface area contributed by atoms with Gasteiger partial charge in [-0.05, 0) is 58.4 Å². The van der Waals surface area contributed by atoms with Crippen LogP contribution in [0.5, 0.6) is 0 Å². The number of halogens is 1. The number of nitrogens with zero attached hydrogens (tertiary/aromatic N) is 5. The standard InChI is InChI=1S/C22H22FN5OS/c1-12-6-7-17(10-19(12)23)27-14(3)9-18(15(27)4)20(29)11-30-22-26-25-21-8-13(2)24-16(5)28(21)22/h6-10H,11H2,1-5H3. The SMILES string of the molecule is Cc1cc2nnc(SCC(=O)c3cc(C)n(-c4ccc(C)c(F)c4)c3C)n2c(C)n1. The number of thioether (sulfide) groups is 1. The third-order valence-corrected chi connectivity index (χ3v) is 6.06. The Balaban J connectivity index is 1.60. The summed E-state index contributed by atoms with van der Waals surface area (Å²) in [5, 5.41) is 9.03. The van der Waals surface area contributed by atoms with Gasteiger partial charge in [0.05, 0.1) is 5.75 Å². The first-order chi connectivity index (χ1) is 14.3. The van der Waals surface area contributed by atoms with E-state index in [0.29, 0.717) is 22.0 Å². The second-order valence-electron chi connectivity index (χ2n) is 7.39. The van der Waals surface area contributed by atoms with E-state index in [0.717, 1.165) is 28.6 Å². The molecule has 3 heterocycles. The van der Waals surface area contributed by atoms with Gasteiger partial charge in [-0.25, -0.2) is 9.37 Å². The lowest BCUT2D eigenvalue weighted by Crippen LogP contribution is -2.07. The second kappa shape index (κ2) is 7.68. The summed E-state index contributed by atoms with van der Waals surface area (Å²) in [4.78, 5) is 17.4. The summed E-state index contributed by atoms with van der Waals surface area (Å²) in [6.07, 6.45) is 0. The number of Topliss-reactive ketones (excluding diaryl/α,β-unsaturated/α-hetero) is 1. The number of hydrogen-bond acceptors (Lipinski definition) is 5. The molecule has 0 atom stereocenters. The van der Waals surface area contributed by atoms with E-state index in [4.69, 9.17) is 0 Å². The Bertz CT molecular complexity index is 1290. The summed E-state index contributed by atoms with van der Waals surface area (Å²) < 4.78 is 17.8. The Morgan fingerprint density at radius 3 is 2.57 bits per heavy atom. The van der Waals surface area contributed by atoms with Crippen molar-refractivity contribution in [2.45, 2.75) is 39.8 Å². The van der Waals surface area contributed by atoms with Gasteiger partial charge in [0.15, 0.2) is 16.6 Å². The van der Waals surface area contributed by atoms with Crippen LogP contribution >= 0.6 is 11.8 Å². The summed E-state index contributed by atoms with van der Waals surface area (Å²) in [7, 11) is 0. The van der Waals surface area contributed by atoms with E-state index in [1.54, 1.807) is 13.0 Å². The first-order valence-electron chi connectivity index (χ1n) is 9.57. The van der Waals surface area contributed by atoms with Crippen molar-refractivity contribution in [2.24, 2.45) is 0 Å². The number of rotatable bonds is 5. The van der Waals surface area contributed by atoms with Crippen molar-refractivity contribution < 1.29 is 9.18 Å². The van der Waals surface area contributed by atoms with Crippen LogP contribution in [0.4, 0.5) is 4.39 Å². The Hall–Kier alpha value is -3.00. The molecule has 0 aliphatic carbocycles. The molecular formula is C22H22FN5OS. The van der Waals surface area contributed by atoms with Crippen molar-refractivity contribution in [3.05, 3.63) is 70.2 Å². The first kappa shape index (κ1) is 20.3. The second-order valence-corrected chi connectivity index (χ2v) is 8.33. The summed E-state index contributed by atoms with van der Waals surface area (Å²) in [6.45, 7) is 9.33. The molecule has 0 unspecified atom stereocenters. The maximum atomic E-state index is 14.1. The van der Waals surface area contributed by atoms with E-state index >= 15 is 0 Å². The predicted molar refractivity (Wildman–Crippen MR) is 115 cm³/mol. The maximum absolute atomic E-state index is 14.1. The van der Waals surface area contributed by atoms with Crippen molar-refractivity contribution in [1.29, 1.82) is 0 Å². The summed E-state index contributed by atoms with van der Waals surface area (Å²) in [5.41, 5.74) is 5.19. The van der Waals surface area contributed by atoms with Crippen LogP contribution in [-0.2, 0) is 0 Å². The van der Waals surface area contributed by atoms with Crippen molar-refractivity contribution in [2.75, 3.05) is 5.75 Å². The van der Waals surface area contributed by atoms with E-state index in [2.05, 4.69) is 15.2 Å². The van der Waals surface area contributed by atoms with Crippen molar-refractivity contribution in [1.82, 2.24) is 24.1 Å². The third kappa shape index (κ3) is 3.52. The highest BCUT2D eigenvalue weighted by molar-refractivity contribution is 7.99. The largest absolute Gasteiger partial charge is 0.318 e. The lowest BCUT2D eigenvalue weighted by Gasteiger charge is -2.11. The molecule has 0 bridgehead atoms. The van der Waals surface area contributed by atoms with Crippen LogP contribution in [0.15, 0.2) is 35.5 Å². The molecule has 3 aromatic heterocycles. The van der Waals surface area contributed by atoms with Crippen molar-refractivity contribution in [3.8, 4) is 5.69 Å². The molecule has 0 amide bonds. The molecule has 154 valence electrons. The van der Waals surface area contributed by atoms with Crippen molar-refractivity contribution >= 4 is 23.2 Å². The Kier molecular flexibility index (Phi) is 5.19. The fourth-order valence-electron chi connectivity index (χ4n) is 3.67. The Labute approximate surface area is 178 Å². The molecule has 4 rings (SSSR count). The third-order valence-electron chi connectivity index (χ3n) is 5.14. The van der Waals surface area contributed by atoms with Gasteiger partial charge < -0.3 is 4.57 Å². The molecule has 0 saturated heterocycles. The fraction of sp³-hybridized carbons (Fsp3) is 0.273. The monoisotopic (exact) mass is 423 g/mol. The molecular weight excluding hydrogens is 401 g/mol. The number of fused-ring (bicyclic) bond motifs is 1. The van der Waals surface area contributed by atoms with E-state index in [9.17, 15) is 9.18 Å². The number of hydrogen-bond donors (Lipinski definition) is 0. The van der Waals surface area contributed by atoms with Gasteiger partial charge in [-0.3, -0.25) is 9.20 Å². The zero-order valence-electron chi connectivity index (χ0n) is 17.5. The summed E-state index contributed by atoms with van der Waals surface area (Å²) >= 11 is 1.33. The highest BCUT2D eigenvalue weighted by Crippen LogP contribution is 2.25. The van der Waals surface area contributed by atoms with Gasteiger partial charge in [0, 0.05) is 34.4 Å². The molecule has 0 saturated carbocycles. The molecule has 1 aromatic carbocycles.